The van der Waals surface area contributed by atoms with E-state index in [9.17, 15) is 0 Å². The zero-order valence-electron chi connectivity index (χ0n) is 8.93. The third-order valence-electron chi connectivity index (χ3n) is 2.69. The maximum absolute atomic E-state index is 6.15. The highest BCUT2D eigenvalue weighted by Gasteiger charge is 2.19. The van der Waals surface area contributed by atoms with E-state index in [0.29, 0.717) is 5.92 Å². The van der Waals surface area contributed by atoms with Crippen molar-refractivity contribution in [1.29, 1.82) is 0 Å². The van der Waals surface area contributed by atoms with E-state index in [1.807, 2.05) is 18.2 Å². The molecule has 0 aliphatic carbocycles. The van der Waals surface area contributed by atoms with Crippen molar-refractivity contribution in [3.05, 3.63) is 33.3 Å². The lowest BCUT2D eigenvalue weighted by molar-refractivity contribution is 0.383. The largest absolute Gasteiger partial charge is 0.271 e. The molecule has 0 aliphatic rings. The lowest BCUT2D eigenvalue weighted by Gasteiger charge is -2.23. The van der Waals surface area contributed by atoms with E-state index in [4.69, 9.17) is 17.4 Å². The highest BCUT2D eigenvalue weighted by Crippen LogP contribution is 2.31. The van der Waals surface area contributed by atoms with Gasteiger partial charge >= 0.3 is 0 Å². The van der Waals surface area contributed by atoms with Crippen molar-refractivity contribution in [2.45, 2.75) is 26.3 Å². The van der Waals surface area contributed by atoms with Crippen LogP contribution >= 0.6 is 27.5 Å². The van der Waals surface area contributed by atoms with Crippen molar-refractivity contribution in [1.82, 2.24) is 5.43 Å². The Morgan fingerprint density at radius 3 is 2.73 bits per heavy atom. The van der Waals surface area contributed by atoms with Gasteiger partial charge in [-0.3, -0.25) is 11.3 Å². The molecule has 2 unspecified atom stereocenters. The zero-order valence-corrected chi connectivity index (χ0v) is 11.3. The van der Waals surface area contributed by atoms with Crippen LogP contribution in [0.15, 0.2) is 22.7 Å². The molecule has 0 amide bonds. The lowest BCUT2D eigenvalue weighted by Crippen LogP contribution is -2.32. The van der Waals surface area contributed by atoms with Gasteiger partial charge in [0.25, 0.3) is 0 Å². The first-order valence-electron chi connectivity index (χ1n) is 5.01. The second-order valence-electron chi connectivity index (χ2n) is 3.70. The van der Waals surface area contributed by atoms with Gasteiger partial charge in [0, 0.05) is 9.50 Å². The fourth-order valence-corrected chi connectivity index (χ4v) is 2.16. The summed E-state index contributed by atoms with van der Waals surface area (Å²) in [6.45, 7) is 4.29. The maximum atomic E-state index is 6.15. The predicted octanol–water partition coefficient (Wildman–Crippen LogP) is 3.65. The summed E-state index contributed by atoms with van der Waals surface area (Å²) in [4.78, 5) is 0. The minimum atomic E-state index is 0.0972. The molecular weight excluding hydrogens is 275 g/mol. The molecule has 0 aromatic heterocycles. The Kier molecular flexibility index (Phi) is 5.06. The average Bonchev–Trinajstić information content (AvgIpc) is 2.23. The molecule has 1 aromatic rings. The summed E-state index contributed by atoms with van der Waals surface area (Å²) >= 11 is 9.59. The summed E-state index contributed by atoms with van der Waals surface area (Å²) in [5, 5.41) is 0.751. The minimum Gasteiger partial charge on any atom is -0.271 e. The molecule has 2 atom stereocenters. The highest BCUT2D eigenvalue weighted by molar-refractivity contribution is 9.10. The molecule has 0 saturated carbocycles. The Balaban J connectivity index is 3.05. The van der Waals surface area contributed by atoms with Gasteiger partial charge < -0.3 is 0 Å². The summed E-state index contributed by atoms with van der Waals surface area (Å²) in [5.41, 5.74) is 3.88. The summed E-state index contributed by atoms with van der Waals surface area (Å²) in [6, 6.07) is 5.92. The van der Waals surface area contributed by atoms with Crippen LogP contribution in [0.5, 0.6) is 0 Å². The van der Waals surface area contributed by atoms with Gasteiger partial charge in [-0.05, 0) is 29.7 Å². The first-order valence-corrected chi connectivity index (χ1v) is 6.18. The lowest BCUT2D eigenvalue weighted by atomic mass is 9.93. The van der Waals surface area contributed by atoms with E-state index in [1.54, 1.807) is 0 Å². The van der Waals surface area contributed by atoms with E-state index in [1.165, 1.54) is 0 Å². The van der Waals surface area contributed by atoms with Crippen LogP contribution in [0, 0.1) is 5.92 Å². The second-order valence-corrected chi connectivity index (χ2v) is 5.02. The fourth-order valence-electron chi connectivity index (χ4n) is 1.55. The monoisotopic (exact) mass is 290 g/mol. The summed E-state index contributed by atoms with van der Waals surface area (Å²) in [7, 11) is 0. The van der Waals surface area contributed by atoms with Crippen LogP contribution in [0.2, 0.25) is 5.02 Å². The molecule has 84 valence electrons. The number of halogens is 2. The number of rotatable bonds is 4. The Morgan fingerprint density at radius 1 is 1.53 bits per heavy atom. The summed E-state index contributed by atoms with van der Waals surface area (Å²) < 4.78 is 1.02. The number of hydrazine groups is 1. The topological polar surface area (TPSA) is 38.0 Å². The van der Waals surface area contributed by atoms with Gasteiger partial charge in [0.2, 0.25) is 0 Å². The predicted molar refractivity (Wildman–Crippen MR) is 68.7 cm³/mol. The van der Waals surface area contributed by atoms with E-state index in [2.05, 4.69) is 35.2 Å². The normalized spacial score (nSPS) is 15.0. The molecule has 0 bridgehead atoms. The molecular formula is C11H16BrClN2. The molecule has 0 fully saturated rings. The van der Waals surface area contributed by atoms with Crippen molar-refractivity contribution in [2.24, 2.45) is 11.8 Å². The summed E-state index contributed by atoms with van der Waals surface area (Å²) in [5.74, 6) is 6.02. The Labute approximate surface area is 104 Å². The van der Waals surface area contributed by atoms with E-state index in [-0.39, 0.29) is 6.04 Å². The number of hydrogen-bond acceptors (Lipinski definition) is 2. The van der Waals surface area contributed by atoms with Crippen LogP contribution in [-0.4, -0.2) is 0 Å². The van der Waals surface area contributed by atoms with Crippen LogP contribution in [0.3, 0.4) is 0 Å². The molecule has 4 heteroatoms. The van der Waals surface area contributed by atoms with Crippen LogP contribution < -0.4 is 11.3 Å². The van der Waals surface area contributed by atoms with Gasteiger partial charge in [-0.1, -0.05) is 47.8 Å². The molecule has 15 heavy (non-hydrogen) atoms. The third kappa shape index (κ3) is 3.18. The van der Waals surface area contributed by atoms with Gasteiger partial charge in [0.1, 0.15) is 0 Å². The summed E-state index contributed by atoms with van der Waals surface area (Å²) in [6.07, 6.45) is 1.05. The van der Waals surface area contributed by atoms with E-state index >= 15 is 0 Å². The molecule has 0 aliphatic heterocycles. The van der Waals surface area contributed by atoms with Gasteiger partial charge in [-0.2, -0.15) is 0 Å². The van der Waals surface area contributed by atoms with Crippen molar-refractivity contribution in [3.8, 4) is 0 Å². The molecule has 0 spiro atoms. The smallest absolute Gasteiger partial charge is 0.0500 e. The Morgan fingerprint density at radius 2 is 2.20 bits per heavy atom. The van der Waals surface area contributed by atoms with Crippen molar-refractivity contribution in [2.75, 3.05) is 0 Å². The number of benzene rings is 1. The van der Waals surface area contributed by atoms with E-state index in [0.717, 1.165) is 21.5 Å². The minimum absolute atomic E-state index is 0.0972. The first-order chi connectivity index (χ1) is 7.10. The van der Waals surface area contributed by atoms with E-state index < -0.39 is 0 Å². The van der Waals surface area contributed by atoms with Crippen molar-refractivity contribution >= 4 is 27.5 Å². The Bertz CT molecular complexity index is 330. The third-order valence-corrected chi connectivity index (χ3v) is 3.52. The molecule has 2 nitrogen and oxygen atoms in total. The SMILES string of the molecule is CCC(C)C(NN)c1cc(Br)ccc1Cl. The van der Waals surface area contributed by atoms with Crippen LogP contribution in [-0.2, 0) is 0 Å². The second kappa shape index (κ2) is 5.85. The quantitative estimate of drug-likeness (QED) is 0.656. The molecule has 3 N–H and O–H groups in total. The maximum Gasteiger partial charge on any atom is 0.0500 e. The zero-order chi connectivity index (χ0) is 11.4. The van der Waals surface area contributed by atoms with Crippen LogP contribution in [0.1, 0.15) is 31.9 Å². The van der Waals surface area contributed by atoms with Gasteiger partial charge in [-0.25, -0.2) is 0 Å². The number of nitrogens with two attached hydrogens (primary N) is 1. The first kappa shape index (κ1) is 13.0. The fraction of sp³-hybridized carbons (Fsp3) is 0.455. The van der Waals surface area contributed by atoms with Crippen molar-refractivity contribution < 1.29 is 0 Å². The standard InChI is InChI=1S/C11H16BrClN2/c1-3-7(2)11(15-14)9-6-8(12)4-5-10(9)13/h4-7,11,15H,3,14H2,1-2H3. The van der Waals surface area contributed by atoms with Gasteiger partial charge in [0.15, 0.2) is 0 Å². The number of hydrogen-bond donors (Lipinski definition) is 2. The average molecular weight is 292 g/mol. The highest BCUT2D eigenvalue weighted by atomic mass is 79.9. The number of nitrogens with one attached hydrogen (secondary N) is 1. The molecule has 0 saturated heterocycles. The molecule has 1 aromatic carbocycles. The Hall–Kier alpha value is -0.0900. The van der Waals surface area contributed by atoms with Crippen LogP contribution in [0.4, 0.5) is 0 Å². The van der Waals surface area contributed by atoms with Crippen molar-refractivity contribution in [3.63, 3.8) is 0 Å². The molecule has 1 rings (SSSR count). The molecule has 0 heterocycles. The molecule has 0 radical (unpaired) electrons. The van der Waals surface area contributed by atoms with Crippen LogP contribution in [0.25, 0.3) is 0 Å². The van der Waals surface area contributed by atoms with Gasteiger partial charge in [0.05, 0.1) is 6.04 Å². The van der Waals surface area contributed by atoms with Gasteiger partial charge in [-0.15, -0.1) is 0 Å².